The van der Waals surface area contributed by atoms with Gasteiger partial charge >= 0.3 is 11.5 Å². The van der Waals surface area contributed by atoms with Crippen LogP contribution in [0.3, 0.4) is 0 Å². The van der Waals surface area contributed by atoms with E-state index in [1.165, 1.54) is 6.07 Å². The summed E-state index contributed by atoms with van der Waals surface area (Å²) < 4.78 is 36.2. The Bertz CT molecular complexity index is 403. The molecule has 1 aromatic rings. The van der Waals surface area contributed by atoms with Gasteiger partial charge in [-0.15, -0.1) is 0 Å². The Morgan fingerprint density at radius 1 is 1.38 bits per heavy atom. The van der Waals surface area contributed by atoms with Gasteiger partial charge in [0, 0.05) is 0 Å². The molecule has 0 spiro atoms. The number of rotatable bonds is 3. The summed E-state index contributed by atoms with van der Waals surface area (Å²) in [7, 11) is 0. The molecule has 0 saturated heterocycles. The highest BCUT2D eigenvalue weighted by molar-refractivity contribution is 8.00. The zero-order chi connectivity index (χ0) is 12.3. The van der Waals surface area contributed by atoms with Gasteiger partial charge in [-0.1, -0.05) is 6.07 Å². The van der Waals surface area contributed by atoms with E-state index in [-0.39, 0.29) is 12.0 Å². The van der Waals surface area contributed by atoms with Gasteiger partial charge in [-0.3, -0.25) is 4.79 Å². The minimum atomic E-state index is -4.51. The fourth-order valence-corrected chi connectivity index (χ4v) is 1.68. The van der Waals surface area contributed by atoms with E-state index >= 15 is 0 Å². The normalized spacial score (nSPS) is 11.4. The number of halogens is 3. The van der Waals surface area contributed by atoms with E-state index in [1.54, 1.807) is 0 Å². The van der Waals surface area contributed by atoms with Crippen molar-refractivity contribution < 1.29 is 28.2 Å². The molecule has 0 aliphatic carbocycles. The molecule has 0 atom stereocenters. The van der Waals surface area contributed by atoms with Gasteiger partial charge < -0.3 is 10.2 Å². The predicted molar refractivity (Wildman–Crippen MR) is 51.4 cm³/mol. The summed E-state index contributed by atoms with van der Waals surface area (Å²) in [5, 5.41) is 17.6. The third-order valence-corrected chi connectivity index (χ3v) is 2.38. The van der Waals surface area contributed by atoms with Crippen molar-refractivity contribution in [2.45, 2.75) is 16.8 Å². The minimum absolute atomic E-state index is 0.206. The van der Waals surface area contributed by atoms with Gasteiger partial charge in [0.25, 0.3) is 0 Å². The summed E-state index contributed by atoms with van der Waals surface area (Å²) in [5.41, 5.74) is -4.31. The maximum Gasteiger partial charge on any atom is 0.446 e. The van der Waals surface area contributed by atoms with Crippen molar-refractivity contribution in [3.63, 3.8) is 0 Å². The van der Waals surface area contributed by atoms with Crippen LogP contribution in [0.1, 0.15) is 5.56 Å². The van der Waals surface area contributed by atoms with Crippen LogP contribution in [-0.2, 0) is 11.2 Å². The third-order valence-electron chi connectivity index (χ3n) is 1.61. The molecule has 3 nitrogen and oxygen atoms in total. The van der Waals surface area contributed by atoms with Crippen molar-refractivity contribution in [2.24, 2.45) is 0 Å². The highest BCUT2D eigenvalue weighted by Gasteiger charge is 2.30. The molecular formula is C9H7F3O3S. The van der Waals surface area contributed by atoms with Gasteiger partial charge in [0.05, 0.1) is 11.3 Å². The number of carboxylic acid groups (broad SMARTS) is 1. The second-order valence-corrected chi connectivity index (χ2v) is 4.03. The van der Waals surface area contributed by atoms with E-state index in [4.69, 9.17) is 10.2 Å². The fraction of sp³-hybridized carbons (Fsp3) is 0.222. The molecule has 1 rings (SSSR count). The number of alkyl halides is 3. The largest absolute Gasteiger partial charge is 0.507 e. The number of benzene rings is 1. The molecule has 0 aromatic heterocycles. The first-order valence-electron chi connectivity index (χ1n) is 4.07. The lowest BCUT2D eigenvalue weighted by Gasteiger charge is -2.08. The summed E-state index contributed by atoms with van der Waals surface area (Å²) in [6.45, 7) is 0. The number of hydrogen-bond acceptors (Lipinski definition) is 3. The molecule has 0 bridgehead atoms. The van der Waals surface area contributed by atoms with Gasteiger partial charge in [-0.25, -0.2) is 0 Å². The molecule has 1 aromatic carbocycles. The van der Waals surface area contributed by atoms with Gasteiger partial charge in [-0.2, -0.15) is 13.2 Å². The Kier molecular flexibility index (Phi) is 3.69. The number of carbonyl (C=O) groups is 1. The van der Waals surface area contributed by atoms with E-state index < -0.39 is 33.9 Å². The molecule has 0 fully saturated rings. The second kappa shape index (κ2) is 4.65. The fourth-order valence-electron chi connectivity index (χ4n) is 1.05. The molecule has 0 unspecified atom stereocenters. The summed E-state index contributed by atoms with van der Waals surface area (Å²) in [6.07, 6.45) is -0.383. The molecule has 88 valence electrons. The van der Waals surface area contributed by atoms with E-state index in [9.17, 15) is 18.0 Å². The minimum Gasteiger partial charge on any atom is -0.507 e. The smallest absolute Gasteiger partial charge is 0.446 e. The first kappa shape index (κ1) is 12.7. The average molecular weight is 252 g/mol. The van der Waals surface area contributed by atoms with Crippen LogP contribution in [0.25, 0.3) is 0 Å². The van der Waals surface area contributed by atoms with Crippen LogP contribution in [0.4, 0.5) is 13.2 Å². The zero-order valence-electron chi connectivity index (χ0n) is 7.78. The number of aromatic hydroxyl groups is 1. The standard InChI is InChI=1S/C9H7F3O3S/c10-9(11,12)16-7-3-5(4-8(14)15)1-2-6(7)13/h1-3,13H,4H2,(H,14,15). The van der Waals surface area contributed by atoms with Gasteiger partial charge in [0.15, 0.2) is 0 Å². The molecular weight excluding hydrogens is 245 g/mol. The van der Waals surface area contributed by atoms with Crippen molar-refractivity contribution in [2.75, 3.05) is 0 Å². The SMILES string of the molecule is O=C(O)Cc1ccc(O)c(SC(F)(F)F)c1. The van der Waals surface area contributed by atoms with Crippen LogP contribution < -0.4 is 0 Å². The summed E-state index contributed by atoms with van der Waals surface area (Å²) in [6, 6.07) is 3.33. The number of thioether (sulfide) groups is 1. The molecule has 0 saturated carbocycles. The van der Waals surface area contributed by atoms with Crippen molar-refractivity contribution in [3.8, 4) is 5.75 Å². The van der Waals surface area contributed by atoms with Crippen molar-refractivity contribution in [1.29, 1.82) is 0 Å². The number of hydrogen-bond donors (Lipinski definition) is 2. The molecule has 7 heteroatoms. The lowest BCUT2D eigenvalue weighted by atomic mass is 10.1. The van der Waals surface area contributed by atoms with Gasteiger partial charge in [0.1, 0.15) is 5.75 Å². The molecule has 0 amide bonds. The first-order valence-corrected chi connectivity index (χ1v) is 4.89. The van der Waals surface area contributed by atoms with E-state index in [1.807, 2.05) is 0 Å². The second-order valence-electron chi connectivity index (χ2n) is 2.92. The zero-order valence-corrected chi connectivity index (χ0v) is 8.60. The lowest BCUT2D eigenvalue weighted by Crippen LogP contribution is -2.02. The number of phenols is 1. The Balaban J connectivity index is 2.95. The van der Waals surface area contributed by atoms with E-state index in [2.05, 4.69) is 0 Å². The topological polar surface area (TPSA) is 57.5 Å². The van der Waals surface area contributed by atoms with Gasteiger partial charge in [0.2, 0.25) is 0 Å². The monoisotopic (exact) mass is 252 g/mol. The Hall–Kier alpha value is -1.37. The number of aliphatic carboxylic acids is 1. The number of phenolic OH excluding ortho intramolecular Hbond substituents is 1. The van der Waals surface area contributed by atoms with Crippen molar-refractivity contribution in [1.82, 2.24) is 0 Å². The van der Waals surface area contributed by atoms with Crippen LogP contribution in [0.15, 0.2) is 23.1 Å². The predicted octanol–water partition coefficient (Wildman–Crippen LogP) is 2.63. The highest BCUT2D eigenvalue weighted by atomic mass is 32.2. The Labute approximate surface area is 92.9 Å². The molecule has 2 N–H and O–H groups in total. The van der Waals surface area contributed by atoms with E-state index in [0.717, 1.165) is 12.1 Å². The maximum absolute atomic E-state index is 12.1. The summed E-state index contributed by atoms with van der Waals surface area (Å²) in [4.78, 5) is 9.96. The summed E-state index contributed by atoms with van der Waals surface area (Å²) in [5.74, 6) is -1.66. The van der Waals surface area contributed by atoms with Crippen LogP contribution in [0, 0.1) is 0 Å². The third kappa shape index (κ3) is 4.01. The Morgan fingerprint density at radius 3 is 2.50 bits per heavy atom. The van der Waals surface area contributed by atoms with Crippen molar-refractivity contribution in [3.05, 3.63) is 23.8 Å². The van der Waals surface area contributed by atoms with Crippen LogP contribution in [-0.4, -0.2) is 21.7 Å². The van der Waals surface area contributed by atoms with E-state index in [0.29, 0.717) is 0 Å². The quantitative estimate of drug-likeness (QED) is 0.812. The van der Waals surface area contributed by atoms with Crippen LogP contribution in [0.5, 0.6) is 5.75 Å². The van der Waals surface area contributed by atoms with Crippen molar-refractivity contribution >= 4 is 17.7 Å². The molecule has 0 heterocycles. The highest BCUT2D eigenvalue weighted by Crippen LogP contribution is 2.41. The molecule has 16 heavy (non-hydrogen) atoms. The first-order chi connectivity index (χ1) is 7.28. The number of carboxylic acids is 1. The van der Waals surface area contributed by atoms with Crippen LogP contribution >= 0.6 is 11.8 Å². The Morgan fingerprint density at radius 2 is 2.00 bits per heavy atom. The lowest BCUT2D eigenvalue weighted by molar-refractivity contribution is -0.136. The molecule has 0 aliphatic heterocycles. The molecule has 0 aliphatic rings. The van der Waals surface area contributed by atoms with Gasteiger partial charge in [-0.05, 0) is 29.5 Å². The average Bonchev–Trinajstić information content (AvgIpc) is 2.07. The van der Waals surface area contributed by atoms with Crippen LogP contribution in [0.2, 0.25) is 0 Å². The maximum atomic E-state index is 12.1. The summed E-state index contributed by atoms with van der Waals surface area (Å²) >= 11 is -0.474. The molecule has 0 radical (unpaired) electrons.